The van der Waals surface area contributed by atoms with Crippen LogP contribution in [0.3, 0.4) is 0 Å². The van der Waals surface area contributed by atoms with Gasteiger partial charge < -0.3 is 5.73 Å². The molecule has 0 spiro atoms. The first-order chi connectivity index (χ1) is 8.36. The average molecular weight is 244 g/mol. The highest BCUT2D eigenvalue weighted by Gasteiger charge is 2.41. The monoisotopic (exact) mass is 244 g/mol. The SMILES string of the molecule is [B]C1C=C(C2(C)N=C(N)N(C)C(=O)N2C)C=CC1. The molecule has 0 aromatic rings. The number of urea groups is 1. The van der Waals surface area contributed by atoms with Crippen molar-refractivity contribution in [2.24, 2.45) is 10.7 Å². The van der Waals surface area contributed by atoms with Gasteiger partial charge in [0.1, 0.15) is 0 Å². The number of allylic oxidation sites excluding steroid dienone is 2. The van der Waals surface area contributed by atoms with Crippen molar-refractivity contribution in [3.63, 3.8) is 0 Å². The summed E-state index contributed by atoms with van der Waals surface area (Å²) in [6.07, 6.45) is 6.69. The molecule has 1 aliphatic heterocycles. The van der Waals surface area contributed by atoms with Crippen LogP contribution in [0.15, 0.2) is 28.8 Å². The molecule has 0 aromatic carbocycles. The second-order valence-electron chi connectivity index (χ2n) is 4.82. The Labute approximate surface area is 108 Å². The molecular weight excluding hydrogens is 227 g/mol. The van der Waals surface area contributed by atoms with Gasteiger partial charge in [-0.3, -0.25) is 9.80 Å². The van der Waals surface area contributed by atoms with Gasteiger partial charge in [0.25, 0.3) is 0 Å². The van der Waals surface area contributed by atoms with Gasteiger partial charge in [0.05, 0.1) is 7.85 Å². The van der Waals surface area contributed by atoms with E-state index in [0.717, 1.165) is 12.0 Å². The van der Waals surface area contributed by atoms with Crippen molar-refractivity contribution in [3.05, 3.63) is 23.8 Å². The van der Waals surface area contributed by atoms with E-state index in [2.05, 4.69) is 4.99 Å². The number of likely N-dealkylation sites (N-methyl/N-ethyl adjacent to an activating group) is 1. The van der Waals surface area contributed by atoms with Gasteiger partial charge in [-0.1, -0.05) is 24.0 Å². The summed E-state index contributed by atoms with van der Waals surface area (Å²) in [7, 11) is 9.23. The fourth-order valence-electron chi connectivity index (χ4n) is 2.16. The molecule has 1 aliphatic carbocycles. The molecule has 18 heavy (non-hydrogen) atoms. The van der Waals surface area contributed by atoms with Gasteiger partial charge in [-0.05, 0) is 18.9 Å². The number of carbonyl (C=O) groups excluding carboxylic acids is 1. The summed E-state index contributed by atoms with van der Waals surface area (Å²) < 4.78 is 0. The van der Waals surface area contributed by atoms with Gasteiger partial charge in [0.15, 0.2) is 5.66 Å². The molecular formula is C12H17BN4O. The van der Waals surface area contributed by atoms with Crippen molar-refractivity contribution in [2.45, 2.75) is 24.8 Å². The van der Waals surface area contributed by atoms with Crippen LogP contribution < -0.4 is 5.73 Å². The van der Waals surface area contributed by atoms with Crippen LogP contribution in [0.1, 0.15) is 13.3 Å². The first-order valence-corrected chi connectivity index (χ1v) is 5.87. The summed E-state index contributed by atoms with van der Waals surface area (Å²) in [5.74, 6) is 0.176. The highest BCUT2D eigenvalue weighted by atomic mass is 16.2. The third-order valence-electron chi connectivity index (χ3n) is 3.55. The first-order valence-electron chi connectivity index (χ1n) is 5.87. The summed E-state index contributed by atoms with van der Waals surface area (Å²) in [5, 5.41) is 0. The number of nitrogens with zero attached hydrogens (tertiary/aromatic N) is 3. The van der Waals surface area contributed by atoms with Crippen molar-refractivity contribution in [1.82, 2.24) is 9.80 Å². The number of amides is 2. The number of hydrogen-bond donors (Lipinski definition) is 1. The van der Waals surface area contributed by atoms with Crippen LogP contribution in [-0.2, 0) is 0 Å². The second-order valence-corrected chi connectivity index (χ2v) is 4.82. The van der Waals surface area contributed by atoms with Crippen LogP contribution in [0.4, 0.5) is 4.79 Å². The van der Waals surface area contributed by atoms with Crippen LogP contribution in [0, 0.1) is 0 Å². The van der Waals surface area contributed by atoms with Crippen LogP contribution in [0.5, 0.6) is 0 Å². The molecule has 2 N–H and O–H groups in total. The molecule has 94 valence electrons. The summed E-state index contributed by atoms with van der Waals surface area (Å²) in [5.41, 5.74) is 5.90. The Morgan fingerprint density at radius 2 is 2.22 bits per heavy atom. The van der Waals surface area contributed by atoms with Crippen molar-refractivity contribution in [1.29, 1.82) is 0 Å². The van der Waals surface area contributed by atoms with E-state index in [1.54, 1.807) is 19.0 Å². The lowest BCUT2D eigenvalue weighted by molar-refractivity contribution is 0.142. The fourth-order valence-corrected chi connectivity index (χ4v) is 2.16. The zero-order valence-corrected chi connectivity index (χ0v) is 10.9. The largest absolute Gasteiger partial charge is 0.369 e. The quantitative estimate of drug-likeness (QED) is 0.695. The van der Waals surface area contributed by atoms with Crippen LogP contribution in [-0.4, -0.2) is 49.4 Å². The topological polar surface area (TPSA) is 61.9 Å². The average Bonchev–Trinajstić information content (AvgIpc) is 2.34. The maximum atomic E-state index is 12.1. The van der Waals surface area contributed by atoms with E-state index in [1.165, 1.54) is 4.90 Å². The van der Waals surface area contributed by atoms with E-state index in [4.69, 9.17) is 13.6 Å². The summed E-state index contributed by atoms with van der Waals surface area (Å²) in [6.45, 7) is 1.86. The predicted molar refractivity (Wildman–Crippen MR) is 72.3 cm³/mol. The maximum absolute atomic E-state index is 12.1. The Bertz CT molecular complexity index is 471. The van der Waals surface area contributed by atoms with E-state index in [0.29, 0.717) is 0 Å². The first kappa shape index (κ1) is 12.7. The lowest BCUT2D eigenvalue weighted by Crippen LogP contribution is -2.60. The maximum Gasteiger partial charge on any atom is 0.328 e. The Morgan fingerprint density at radius 1 is 1.56 bits per heavy atom. The molecule has 2 amide bonds. The normalized spacial score (nSPS) is 32.4. The second kappa shape index (κ2) is 4.19. The van der Waals surface area contributed by atoms with Crippen molar-refractivity contribution >= 4 is 19.8 Å². The molecule has 0 saturated carbocycles. The van der Waals surface area contributed by atoms with Gasteiger partial charge in [0.2, 0.25) is 5.96 Å². The van der Waals surface area contributed by atoms with E-state index >= 15 is 0 Å². The Kier molecular flexibility index (Phi) is 2.96. The standard InChI is InChI=1S/C12H17BN4O/c1-12(8-5-4-6-9(13)7-8)15-10(14)16(2)11(18)17(12)3/h4-5,7,9H,6H2,1-3H3,(H2,14,15). The van der Waals surface area contributed by atoms with E-state index in [-0.39, 0.29) is 17.8 Å². The van der Waals surface area contributed by atoms with Gasteiger partial charge >= 0.3 is 6.03 Å². The highest BCUT2D eigenvalue weighted by molar-refractivity contribution is 6.13. The minimum atomic E-state index is -0.789. The molecule has 2 rings (SSSR count). The fraction of sp³-hybridized carbons (Fsp3) is 0.500. The summed E-state index contributed by atoms with van der Waals surface area (Å²) >= 11 is 0. The van der Waals surface area contributed by atoms with E-state index in [1.807, 2.05) is 25.2 Å². The number of carbonyl (C=O) groups is 1. The zero-order chi connectivity index (χ0) is 13.5. The number of rotatable bonds is 1. The molecule has 6 heteroatoms. The molecule has 0 saturated heterocycles. The van der Waals surface area contributed by atoms with Gasteiger partial charge in [-0.25, -0.2) is 9.79 Å². The lowest BCUT2D eigenvalue weighted by Gasteiger charge is -2.43. The third kappa shape index (κ3) is 1.81. The zero-order valence-electron chi connectivity index (χ0n) is 10.9. The molecule has 0 fully saturated rings. The van der Waals surface area contributed by atoms with Crippen molar-refractivity contribution in [2.75, 3.05) is 14.1 Å². The molecule has 2 aliphatic rings. The van der Waals surface area contributed by atoms with Crippen LogP contribution in [0.2, 0.25) is 5.82 Å². The molecule has 2 unspecified atom stereocenters. The lowest BCUT2D eigenvalue weighted by atomic mass is 9.78. The predicted octanol–water partition coefficient (Wildman–Crippen LogP) is 0.858. The molecule has 0 aromatic heterocycles. The van der Waals surface area contributed by atoms with Gasteiger partial charge in [-0.2, -0.15) is 0 Å². The Morgan fingerprint density at radius 3 is 2.83 bits per heavy atom. The van der Waals surface area contributed by atoms with E-state index < -0.39 is 5.66 Å². The minimum absolute atomic E-state index is 0.0404. The van der Waals surface area contributed by atoms with Crippen LogP contribution >= 0.6 is 0 Å². The molecule has 0 bridgehead atoms. The smallest absolute Gasteiger partial charge is 0.328 e. The summed E-state index contributed by atoms with van der Waals surface area (Å²) in [4.78, 5) is 19.4. The van der Waals surface area contributed by atoms with Gasteiger partial charge in [-0.15, -0.1) is 0 Å². The molecule has 2 atom stereocenters. The minimum Gasteiger partial charge on any atom is -0.369 e. The van der Waals surface area contributed by atoms with Crippen molar-refractivity contribution < 1.29 is 4.79 Å². The number of guanidine groups is 1. The Balaban J connectivity index is 2.47. The van der Waals surface area contributed by atoms with Crippen molar-refractivity contribution in [3.8, 4) is 0 Å². The summed E-state index contributed by atoms with van der Waals surface area (Å²) in [6, 6.07) is -0.182. The molecule has 1 heterocycles. The van der Waals surface area contributed by atoms with E-state index in [9.17, 15) is 4.79 Å². The molecule has 5 nitrogen and oxygen atoms in total. The number of aliphatic imine (C=N–C) groups is 1. The molecule has 2 radical (unpaired) electrons. The Hall–Kier alpha value is -1.72. The number of hydrogen-bond acceptors (Lipinski definition) is 3. The van der Waals surface area contributed by atoms with Gasteiger partial charge in [0, 0.05) is 14.1 Å². The highest BCUT2D eigenvalue weighted by Crippen LogP contribution is 2.34. The van der Waals surface area contributed by atoms with Crippen LogP contribution in [0.25, 0.3) is 0 Å². The third-order valence-corrected chi connectivity index (χ3v) is 3.55. The number of nitrogens with two attached hydrogens (primary N) is 1.